The van der Waals surface area contributed by atoms with Gasteiger partial charge in [0.2, 0.25) is 0 Å². The van der Waals surface area contributed by atoms with Crippen LogP contribution in [0.2, 0.25) is 0 Å². The molecule has 1 N–H and O–H groups in total. The number of hydrazone groups is 1. The van der Waals surface area contributed by atoms with Gasteiger partial charge in [-0.05, 0) is 37.3 Å². The quantitative estimate of drug-likeness (QED) is 0.862. The molecule has 0 bridgehead atoms. The number of hydrogen-bond donors (Lipinski definition) is 1. The van der Waals surface area contributed by atoms with E-state index in [2.05, 4.69) is 10.1 Å². The normalized spacial score (nSPS) is 30.8. The molecule has 0 saturated heterocycles. The van der Waals surface area contributed by atoms with E-state index in [0.29, 0.717) is 12.8 Å². The molecule has 1 aromatic rings. The molecule has 0 radical (unpaired) electrons. The zero-order valence-corrected chi connectivity index (χ0v) is 12.4. The first kappa shape index (κ1) is 15.9. The average molecular weight is 327 g/mol. The summed E-state index contributed by atoms with van der Waals surface area (Å²) in [6, 6.07) is 2.59. The van der Waals surface area contributed by atoms with E-state index in [1.54, 1.807) is 0 Å². The Balaban J connectivity index is 2.04. The second kappa shape index (κ2) is 5.30. The van der Waals surface area contributed by atoms with Crippen molar-refractivity contribution < 1.29 is 23.1 Å². The minimum atomic E-state index is -5.00. The van der Waals surface area contributed by atoms with Crippen LogP contribution in [0.4, 0.5) is 13.2 Å². The molecule has 1 saturated carbocycles. The van der Waals surface area contributed by atoms with Crippen LogP contribution in [0.3, 0.4) is 0 Å². The monoisotopic (exact) mass is 327 g/mol. The van der Waals surface area contributed by atoms with Crippen LogP contribution in [0.5, 0.6) is 0 Å². The first-order valence-electron chi connectivity index (χ1n) is 7.36. The zero-order chi connectivity index (χ0) is 16.8. The lowest BCUT2D eigenvalue weighted by Gasteiger charge is -2.39. The van der Waals surface area contributed by atoms with E-state index in [0.717, 1.165) is 0 Å². The third-order valence-corrected chi connectivity index (χ3v) is 4.51. The van der Waals surface area contributed by atoms with Crippen molar-refractivity contribution in [2.75, 3.05) is 0 Å². The van der Waals surface area contributed by atoms with Crippen molar-refractivity contribution in [1.29, 1.82) is 0 Å². The second-order valence-electron chi connectivity index (χ2n) is 6.10. The number of amides is 1. The van der Waals surface area contributed by atoms with Crippen LogP contribution in [-0.4, -0.2) is 38.6 Å². The number of hydrogen-bond acceptors (Lipinski definition) is 4. The number of alkyl halides is 3. The molecule has 0 unspecified atom stereocenters. The number of carbonyl (C=O) groups excluding carboxylic acids is 1. The number of fused-ring (bicyclic) bond motifs is 1. The van der Waals surface area contributed by atoms with Crippen LogP contribution >= 0.6 is 0 Å². The van der Waals surface area contributed by atoms with Crippen molar-refractivity contribution in [3.8, 4) is 0 Å². The van der Waals surface area contributed by atoms with Crippen molar-refractivity contribution in [3.63, 3.8) is 0 Å². The predicted octanol–water partition coefficient (Wildman–Crippen LogP) is 2.58. The SMILES string of the molecule is C[C@H]1CCC2=NN(C(=O)c3ccncc3)[C@@](O)(C(F)(F)F)[C@@H]2C1. The molecule has 1 fully saturated rings. The molecule has 5 nitrogen and oxygen atoms in total. The number of carbonyl (C=O) groups is 1. The molecule has 2 aliphatic rings. The van der Waals surface area contributed by atoms with E-state index >= 15 is 0 Å². The molecule has 1 aliphatic carbocycles. The van der Waals surface area contributed by atoms with Gasteiger partial charge in [-0.25, -0.2) is 0 Å². The smallest absolute Gasteiger partial charge is 0.362 e. The van der Waals surface area contributed by atoms with E-state index in [-0.39, 0.29) is 28.6 Å². The van der Waals surface area contributed by atoms with E-state index in [9.17, 15) is 23.1 Å². The molecule has 1 aliphatic heterocycles. The zero-order valence-electron chi connectivity index (χ0n) is 12.4. The molecule has 1 aromatic heterocycles. The van der Waals surface area contributed by atoms with Crippen LogP contribution in [0.1, 0.15) is 36.5 Å². The number of aromatic nitrogens is 1. The summed E-state index contributed by atoms with van der Waals surface area (Å²) in [5, 5.41) is 14.5. The van der Waals surface area contributed by atoms with E-state index in [4.69, 9.17) is 0 Å². The topological polar surface area (TPSA) is 65.8 Å². The number of halogens is 3. The Morgan fingerprint density at radius 1 is 1.39 bits per heavy atom. The number of pyridine rings is 1. The molecular formula is C15H16F3N3O2. The summed E-state index contributed by atoms with van der Waals surface area (Å²) in [4.78, 5) is 16.2. The van der Waals surface area contributed by atoms with Gasteiger partial charge in [-0.2, -0.15) is 23.3 Å². The van der Waals surface area contributed by atoms with E-state index in [1.165, 1.54) is 24.5 Å². The van der Waals surface area contributed by atoms with Crippen molar-refractivity contribution in [1.82, 2.24) is 9.99 Å². The Bertz CT molecular complexity index is 647. The Labute approximate surface area is 130 Å². The summed E-state index contributed by atoms with van der Waals surface area (Å²) in [5.74, 6) is -2.16. The third-order valence-electron chi connectivity index (χ3n) is 4.51. The molecule has 8 heteroatoms. The molecular weight excluding hydrogens is 311 g/mol. The number of nitrogens with zero attached hydrogens (tertiary/aromatic N) is 3. The van der Waals surface area contributed by atoms with Gasteiger partial charge in [0.1, 0.15) is 0 Å². The van der Waals surface area contributed by atoms with Crippen LogP contribution in [0.25, 0.3) is 0 Å². The Morgan fingerprint density at radius 3 is 2.65 bits per heavy atom. The lowest BCUT2D eigenvalue weighted by Crippen LogP contribution is -2.61. The second-order valence-corrected chi connectivity index (χ2v) is 6.10. The molecule has 3 rings (SSSR count). The van der Waals surface area contributed by atoms with Gasteiger partial charge >= 0.3 is 6.18 Å². The van der Waals surface area contributed by atoms with Gasteiger partial charge in [0.15, 0.2) is 0 Å². The molecule has 3 atom stereocenters. The van der Waals surface area contributed by atoms with Gasteiger partial charge in [-0.3, -0.25) is 9.78 Å². The molecule has 0 aromatic carbocycles. The summed E-state index contributed by atoms with van der Waals surface area (Å²) in [5.41, 5.74) is -3.05. The summed E-state index contributed by atoms with van der Waals surface area (Å²) in [6.07, 6.45) is -1.20. The summed E-state index contributed by atoms with van der Waals surface area (Å²) in [6.45, 7) is 1.83. The van der Waals surface area contributed by atoms with Gasteiger partial charge in [-0.15, -0.1) is 0 Å². The van der Waals surface area contributed by atoms with Crippen LogP contribution in [-0.2, 0) is 0 Å². The van der Waals surface area contributed by atoms with Gasteiger partial charge in [0, 0.05) is 23.7 Å². The van der Waals surface area contributed by atoms with Gasteiger partial charge in [-0.1, -0.05) is 6.92 Å². The molecule has 124 valence electrons. The van der Waals surface area contributed by atoms with E-state index in [1.807, 2.05) is 6.92 Å². The minimum absolute atomic E-state index is 0.00118. The maximum absolute atomic E-state index is 13.6. The maximum atomic E-state index is 13.6. The van der Waals surface area contributed by atoms with Crippen molar-refractivity contribution in [2.45, 2.75) is 38.1 Å². The first-order chi connectivity index (χ1) is 10.7. The standard InChI is InChI=1S/C15H16F3N3O2/c1-9-2-3-12-11(8-9)14(23,15(16,17)18)21(20-12)13(22)10-4-6-19-7-5-10/h4-7,9,11,23H,2-3,8H2,1H3/t9-,11+,14-/m0/s1. The fraction of sp³-hybridized carbons (Fsp3) is 0.533. The van der Waals surface area contributed by atoms with Crippen molar-refractivity contribution in [2.24, 2.45) is 16.9 Å². The van der Waals surface area contributed by atoms with Gasteiger partial charge in [0.05, 0.1) is 5.92 Å². The van der Waals surface area contributed by atoms with Gasteiger partial charge < -0.3 is 5.11 Å². The Hall–Kier alpha value is -1.96. The molecule has 1 amide bonds. The van der Waals surface area contributed by atoms with Gasteiger partial charge in [0.25, 0.3) is 11.6 Å². The average Bonchev–Trinajstić information content (AvgIpc) is 2.81. The lowest BCUT2D eigenvalue weighted by atomic mass is 9.76. The minimum Gasteiger partial charge on any atom is -0.362 e. The summed E-state index contributed by atoms with van der Waals surface area (Å²) >= 11 is 0. The molecule has 23 heavy (non-hydrogen) atoms. The Morgan fingerprint density at radius 2 is 2.04 bits per heavy atom. The highest BCUT2D eigenvalue weighted by Gasteiger charge is 2.68. The highest BCUT2D eigenvalue weighted by molar-refractivity contribution is 5.99. The van der Waals surface area contributed by atoms with Crippen molar-refractivity contribution in [3.05, 3.63) is 30.1 Å². The summed E-state index contributed by atoms with van der Waals surface area (Å²) < 4.78 is 40.9. The first-order valence-corrected chi connectivity index (χ1v) is 7.36. The van der Waals surface area contributed by atoms with Crippen LogP contribution in [0, 0.1) is 11.8 Å². The highest BCUT2D eigenvalue weighted by atomic mass is 19.4. The summed E-state index contributed by atoms with van der Waals surface area (Å²) in [7, 11) is 0. The highest BCUT2D eigenvalue weighted by Crippen LogP contribution is 2.49. The molecule has 2 heterocycles. The van der Waals surface area contributed by atoms with E-state index < -0.39 is 23.7 Å². The number of rotatable bonds is 1. The number of aliphatic hydroxyl groups is 1. The predicted molar refractivity (Wildman–Crippen MR) is 75.4 cm³/mol. The van der Waals surface area contributed by atoms with Crippen LogP contribution in [0.15, 0.2) is 29.6 Å². The largest absolute Gasteiger partial charge is 0.439 e. The molecule has 0 spiro atoms. The third kappa shape index (κ3) is 2.41. The fourth-order valence-electron chi connectivity index (χ4n) is 3.23. The lowest BCUT2D eigenvalue weighted by molar-refractivity contribution is -0.313. The van der Waals surface area contributed by atoms with Crippen LogP contribution < -0.4 is 0 Å². The Kier molecular flexibility index (Phi) is 3.66. The van der Waals surface area contributed by atoms with Crippen molar-refractivity contribution >= 4 is 11.6 Å². The fourth-order valence-corrected chi connectivity index (χ4v) is 3.23. The maximum Gasteiger partial charge on any atom is 0.439 e.